The minimum Gasteiger partial charge on any atom is -0.495 e. The van der Waals surface area contributed by atoms with Crippen molar-refractivity contribution < 1.29 is 14.3 Å². The lowest BCUT2D eigenvalue weighted by molar-refractivity contribution is 0.0556. The quantitative estimate of drug-likeness (QED) is 0.277. The summed E-state index contributed by atoms with van der Waals surface area (Å²) < 4.78 is 6.76. The molecule has 2 saturated heterocycles. The minimum atomic E-state index is -0.182. The van der Waals surface area contributed by atoms with E-state index in [0.29, 0.717) is 46.8 Å². The molecule has 5 aromatic rings. The number of benzene rings is 1. The third kappa shape index (κ3) is 4.34. The number of nitriles is 1. The summed E-state index contributed by atoms with van der Waals surface area (Å²) in [6, 6.07) is 11.3. The number of carbonyl (C=O) groups excluding carboxylic acids is 2. The Morgan fingerprint density at radius 2 is 1.86 bits per heavy atom. The number of nitrogen functional groups attached to an aromatic ring is 1. The minimum absolute atomic E-state index is 0.00367. The topological polar surface area (TPSA) is 181 Å². The van der Waals surface area contributed by atoms with E-state index in [1.54, 1.807) is 24.5 Å². The Morgan fingerprint density at radius 1 is 1.09 bits per heavy atom. The summed E-state index contributed by atoms with van der Waals surface area (Å²) in [5.41, 5.74) is 11.5. The fourth-order valence-electron chi connectivity index (χ4n) is 6.73. The highest BCUT2D eigenvalue weighted by Crippen LogP contribution is 2.45. The molecule has 13 heteroatoms. The van der Waals surface area contributed by atoms with Crippen LogP contribution in [0, 0.1) is 11.3 Å². The lowest BCUT2D eigenvalue weighted by Gasteiger charge is -2.38. The molecule has 3 N–H and O–H groups in total. The van der Waals surface area contributed by atoms with Crippen LogP contribution in [-0.2, 0) is 0 Å². The zero-order valence-corrected chi connectivity index (χ0v) is 24.1. The average molecular weight is 589 g/mol. The van der Waals surface area contributed by atoms with Crippen LogP contribution in [0.2, 0.25) is 0 Å². The number of pyridine rings is 1. The Kier molecular flexibility index (Phi) is 6.54. The molecule has 4 aromatic heterocycles. The van der Waals surface area contributed by atoms with Crippen LogP contribution in [0.1, 0.15) is 70.8 Å². The maximum absolute atomic E-state index is 13.2. The van der Waals surface area contributed by atoms with Crippen LogP contribution in [0.5, 0.6) is 5.75 Å². The van der Waals surface area contributed by atoms with Crippen molar-refractivity contribution in [1.29, 1.82) is 5.26 Å². The Bertz CT molecular complexity index is 1950. The molecule has 3 atom stereocenters. The van der Waals surface area contributed by atoms with E-state index in [-0.39, 0.29) is 41.3 Å². The highest BCUT2D eigenvalue weighted by atomic mass is 16.5. The van der Waals surface area contributed by atoms with E-state index >= 15 is 0 Å². The molecule has 7 rings (SSSR count). The standard InChI is InChI=1S/C31H28N10O3/c1-16(42)26-27(19-10-21-5-6-22(11-19)40(21)31(43)29-35-15-36-39-29)38-30-23(14-37-41(30)28(26)33)18-3-7-24(34-13-18)17-4-8-25(44-2)20(9-17)12-32/h3-4,7-9,13-15,19,21-22H,5-6,10-11,33H2,1-2H3,(H,35,36,39)/t19?,21-,22+. The number of hydrogen-bond donors (Lipinski definition) is 2. The van der Waals surface area contributed by atoms with E-state index in [0.717, 1.165) is 29.5 Å². The number of aromatic nitrogens is 7. The van der Waals surface area contributed by atoms with Gasteiger partial charge in [0.15, 0.2) is 11.4 Å². The normalized spacial score (nSPS) is 19.2. The fourth-order valence-corrected chi connectivity index (χ4v) is 6.73. The molecule has 1 aromatic carbocycles. The van der Waals surface area contributed by atoms with Gasteiger partial charge in [0.25, 0.3) is 5.91 Å². The number of fused-ring (bicyclic) bond motifs is 3. The number of ether oxygens (including phenoxy) is 1. The molecule has 2 bridgehead atoms. The van der Waals surface area contributed by atoms with Crippen molar-refractivity contribution in [2.24, 2.45) is 0 Å². The first-order valence-corrected chi connectivity index (χ1v) is 14.3. The third-order valence-electron chi connectivity index (χ3n) is 8.72. The van der Waals surface area contributed by atoms with Gasteiger partial charge in [-0.3, -0.25) is 19.7 Å². The summed E-state index contributed by atoms with van der Waals surface area (Å²) in [6.07, 6.45) is 7.79. The smallest absolute Gasteiger partial charge is 0.291 e. The summed E-state index contributed by atoms with van der Waals surface area (Å²) >= 11 is 0. The largest absolute Gasteiger partial charge is 0.495 e. The van der Waals surface area contributed by atoms with Gasteiger partial charge >= 0.3 is 0 Å². The lowest BCUT2D eigenvalue weighted by Crippen LogP contribution is -2.46. The molecule has 0 spiro atoms. The fraction of sp³-hybridized carbons (Fsp3) is 0.290. The van der Waals surface area contributed by atoms with Crippen molar-refractivity contribution in [3.8, 4) is 34.2 Å². The highest BCUT2D eigenvalue weighted by molar-refractivity contribution is 6.00. The number of rotatable bonds is 6. The summed E-state index contributed by atoms with van der Waals surface area (Å²) in [4.78, 5) is 41.8. The second-order valence-electron chi connectivity index (χ2n) is 11.2. The van der Waals surface area contributed by atoms with Crippen molar-refractivity contribution in [1.82, 2.24) is 39.7 Å². The van der Waals surface area contributed by atoms with Gasteiger partial charge in [0, 0.05) is 40.9 Å². The first-order valence-electron chi connectivity index (χ1n) is 14.3. The number of aromatic amines is 1. The molecule has 1 unspecified atom stereocenters. The zero-order chi connectivity index (χ0) is 30.5. The summed E-state index contributed by atoms with van der Waals surface area (Å²) in [6.45, 7) is 1.49. The molecule has 0 aliphatic carbocycles. The first kappa shape index (κ1) is 27.2. The van der Waals surface area contributed by atoms with Crippen LogP contribution in [0.15, 0.2) is 49.1 Å². The molecule has 2 aliphatic heterocycles. The Hall–Kier alpha value is -5.64. The number of amides is 1. The number of ketones is 1. The van der Waals surface area contributed by atoms with Gasteiger partial charge < -0.3 is 15.4 Å². The average Bonchev–Trinajstić information content (AvgIpc) is 3.79. The van der Waals surface area contributed by atoms with Crippen molar-refractivity contribution in [2.45, 2.75) is 50.6 Å². The summed E-state index contributed by atoms with van der Waals surface area (Å²) in [5.74, 6) is 0.570. The number of nitrogens with zero attached hydrogens (tertiary/aromatic N) is 8. The van der Waals surface area contributed by atoms with Crippen LogP contribution in [0.4, 0.5) is 5.82 Å². The van der Waals surface area contributed by atoms with Crippen LogP contribution < -0.4 is 10.5 Å². The van der Waals surface area contributed by atoms with Gasteiger partial charge in [-0.1, -0.05) is 6.07 Å². The number of anilines is 1. The van der Waals surface area contributed by atoms with E-state index in [9.17, 15) is 14.9 Å². The molecule has 1 amide bonds. The van der Waals surface area contributed by atoms with E-state index in [1.807, 2.05) is 23.1 Å². The van der Waals surface area contributed by atoms with Gasteiger partial charge in [0.2, 0.25) is 5.82 Å². The van der Waals surface area contributed by atoms with Gasteiger partial charge in [-0.2, -0.15) is 20.0 Å². The lowest BCUT2D eigenvalue weighted by atomic mass is 9.85. The number of hydrogen-bond acceptors (Lipinski definition) is 10. The SMILES string of the molecule is COc1ccc(-c2ccc(-c3cnn4c(N)c(C(C)=O)c(C5C[C@H]6CC[C@@H](C5)N6C(=O)c5ncn[nH]5)nc34)cn2)cc1C#N. The van der Waals surface area contributed by atoms with E-state index in [1.165, 1.54) is 24.9 Å². The number of nitrogens with one attached hydrogen (secondary N) is 1. The predicted octanol–water partition coefficient (Wildman–Crippen LogP) is 3.79. The predicted molar refractivity (Wildman–Crippen MR) is 159 cm³/mol. The summed E-state index contributed by atoms with van der Waals surface area (Å²) in [5, 5.41) is 20.5. The Labute approximate surface area is 251 Å². The molecule has 44 heavy (non-hydrogen) atoms. The van der Waals surface area contributed by atoms with Crippen LogP contribution >= 0.6 is 0 Å². The molecule has 220 valence electrons. The van der Waals surface area contributed by atoms with Crippen molar-refractivity contribution in [3.63, 3.8) is 0 Å². The second-order valence-corrected chi connectivity index (χ2v) is 11.2. The van der Waals surface area contributed by atoms with Crippen LogP contribution in [-0.4, -0.2) is 70.5 Å². The number of H-pyrrole nitrogens is 1. The molecular weight excluding hydrogens is 560 g/mol. The monoisotopic (exact) mass is 588 g/mol. The number of carbonyl (C=O) groups is 2. The number of piperidine rings is 1. The van der Waals surface area contributed by atoms with Gasteiger partial charge in [-0.25, -0.2) is 9.97 Å². The maximum Gasteiger partial charge on any atom is 0.291 e. The molecule has 13 nitrogen and oxygen atoms in total. The third-order valence-corrected chi connectivity index (χ3v) is 8.72. The van der Waals surface area contributed by atoms with E-state index in [2.05, 4.69) is 31.3 Å². The van der Waals surface area contributed by atoms with Crippen molar-refractivity contribution >= 4 is 23.2 Å². The van der Waals surface area contributed by atoms with Crippen LogP contribution in [0.3, 0.4) is 0 Å². The maximum atomic E-state index is 13.2. The van der Waals surface area contributed by atoms with E-state index < -0.39 is 0 Å². The molecule has 2 fully saturated rings. The number of methoxy groups -OCH3 is 1. The molecule has 2 aliphatic rings. The molecular formula is C31H28N10O3. The van der Waals surface area contributed by atoms with Crippen molar-refractivity contribution in [3.05, 3.63) is 71.7 Å². The molecule has 6 heterocycles. The van der Waals surface area contributed by atoms with Gasteiger partial charge in [0.05, 0.1) is 35.8 Å². The number of Topliss-reactive ketones (excluding diaryl/α,β-unsaturated/α-hetero) is 1. The van der Waals surface area contributed by atoms with Crippen molar-refractivity contribution in [2.75, 3.05) is 12.8 Å². The first-order chi connectivity index (χ1) is 21.4. The molecule has 0 saturated carbocycles. The zero-order valence-electron chi connectivity index (χ0n) is 24.1. The van der Waals surface area contributed by atoms with E-state index in [4.69, 9.17) is 15.5 Å². The Balaban J connectivity index is 1.24. The molecule has 0 radical (unpaired) electrons. The Morgan fingerprint density at radius 3 is 2.50 bits per heavy atom. The highest BCUT2D eigenvalue weighted by Gasteiger charge is 2.45. The second kappa shape index (κ2) is 10.6. The van der Waals surface area contributed by atoms with Gasteiger partial charge in [0.1, 0.15) is 24.0 Å². The van der Waals surface area contributed by atoms with Crippen LogP contribution in [0.25, 0.3) is 28.0 Å². The summed E-state index contributed by atoms with van der Waals surface area (Å²) in [7, 11) is 1.53. The van der Waals surface area contributed by atoms with Gasteiger partial charge in [-0.15, -0.1) is 0 Å². The number of nitrogens with two attached hydrogens (primary N) is 1. The van der Waals surface area contributed by atoms with Gasteiger partial charge in [-0.05, 0) is 56.9 Å².